The van der Waals surface area contributed by atoms with Crippen LogP contribution in [0.2, 0.25) is 0 Å². The third kappa shape index (κ3) is 3.85. The van der Waals surface area contributed by atoms with Gasteiger partial charge in [-0.3, -0.25) is 0 Å². The summed E-state index contributed by atoms with van der Waals surface area (Å²) in [5.41, 5.74) is 0.554. The SMILES string of the molecule is CCC(C)(CO)NCc1cc(F)cc(Br)c1. The van der Waals surface area contributed by atoms with Crippen LogP contribution in [0.4, 0.5) is 4.39 Å². The lowest BCUT2D eigenvalue weighted by Crippen LogP contribution is -2.44. The maximum absolute atomic E-state index is 13.1. The molecule has 0 heterocycles. The number of halogens is 2. The first-order valence-electron chi connectivity index (χ1n) is 5.30. The van der Waals surface area contributed by atoms with Gasteiger partial charge in [0, 0.05) is 16.6 Å². The minimum Gasteiger partial charge on any atom is -0.394 e. The number of hydrogen-bond acceptors (Lipinski definition) is 2. The highest BCUT2D eigenvalue weighted by molar-refractivity contribution is 9.10. The van der Waals surface area contributed by atoms with E-state index < -0.39 is 0 Å². The molecule has 90 valence electrons. The van der Waals surface area contributed by atoms with Crippen LogP contribution in [0.15, 0.2) is 22.7 Å². The molecule has 0 spiro atoms. The third-order valence-electron chi connectivity index (χ3n) is 2.77. The largest absolute Gasteiger partial charge is 0.394 e. The second-order valence-corrected chi connectivity index (χ2v) is 5.12. The zero-order chi connectivity index (χ0) is 12.2. The van der Waals surface area contributed by atoms with Gasteiger partial charge in [0.05, 0.1) is 6.61 Å². The lowest BCUT2D eigenvalue weighted by molar-refractivity contribution is 0.169. The van der Waals surface area contributed by atoms with Crippen molar-refractivity contribution in [3.63, 3.8) is 0 Å². The molecule has 0 aliphatic heterocycles. The monoisotopic (exact) mass is 289 g/mol. The molecule has 2 nitrogen and oxygen atoms in total. The van der Waals surface area contributed by atoms with Crippen molar-refractivity contribution in [1.29, 1.82) is 0 Å². The number of benzene rings is 1. The second kappa shape index (κ2) is 5.75. The summed E-state index contributed by atoms with van der Waals surface area (Å²) >= 11 is 3.25. The van der Waals surface area contributed by atoms with Gasteiger partial charge in [-0.2, -0.15) is 0 Å². The highest BCUT2D eigenvalue weighted by Crippen LogP contribution is 2.16. The first kappa shape index (κ1) is 13.6. The molecule has 0 saturated heterocycles. The van der Waals surface area contributed by atoms with E-state index in [-0.39, 0.29) is 18.0 Å². The van der Waals surface area contributed by atoms with Gasteiger partial charge >= 0.3 is 0 Å². The first-order valence-corrected chi connectivity index (χ1v) is 6.09. The van der Waals surface area contributed by atoms with Gasteiger partial charge < -0.3 is 10.4 Å². The van der Waals surface area contributed by atoms with E-state index in [1.807, 2.05) is 19.9 Å². The average molecular weight is 290 g/mol. The molecule has 0 bridgehead atoms. The molecule has 0 amide bonds. The molecule has 1 aromatic carbocycles. The highest BCUT2D eigenvalue weighted by atomic mass is 79.9. The fraction of sp³-hybridized carbons (Fsp3) is 0.500. The molecule has 4 heteroatoms. The van der Waals surface area contributed by atoms with Gasteiger partial charge in [-0.05, 0) is 37.1 Å². The molecule has 1 atom stereocenters. The molecule has 1 unspecified atom stereocenters. The summed E-state index contributed by atoms with van der Waals surface area (Å²) in [5, 5.41) is 12.5. The summed E-state index contributed by atoms with van der Waals surface area (Å²) < 4.78 is 13.8. The number of aliphatic hydroxyl groups is 1. The minimum atomic E-state index is -0.307. The summed E-state index contributed by atoms with van der Waals surface area (Å²) in [4.78, 5) is 0. The number of rotatable bonds is 5. The van der Waals surface area contributed by atoms with Crippen molar-refractivity contribution in [2.24, 2.45) is 0 Å². The molecule has 2 N–H and O–H groups in total. The Morgan fingerprint density at radius 1 is 1.44 bits per heavy atom. The van der Waals surface area contributed by atoms with E-state index in [9.17, 15) is 9.50 Å². The number of nitrogens with one attached hydrogen (secondary N) is 1. The van der Waals surface area contributed by atoms with E-state index in [2.05, 4.69) is 21.2 Å². The van der Waals surface area contributed by atoms with Gasteiger partial charge in [0.15, 0.2) is 0 Å². The Labute approximate surface area is 104 Å². The lowest BCUT2D eigenvalue weighted by Gasteiger charge is -2.27. The molecule has 0 aromatic heterocycles. The highest BCUT2D eigenvalue weighted by Gasteiger charge is 2.19. The Morgan fingerprint density at radius 3 is 2.62 bits per heavy atom. The van der Waals surface area contributed by atoms with Crippen LogP contribution < -0.4 is 5.32 Å². The Morgan fingerprint density at radius 2 is 2.12 bits per heavy atom. The van der Waals surface area contributed by atoms with E-state index in [1.54, 1.807) is 0 Å². The second-order valence-electron chi connectivity index (χ2n) is 4.20. The summed E-state index contributed by atoms with van der Waals surface area (Å²) in [6, 6.07) is 4.78. The van der Waals surface area contributed by atoms with Crippen molar-refractivity contribution in [3.05, 3.63) is 34.1 Å². The van der Waals surface area contributed by atoms with Gasteiger partial charge in [-0.25, -0.2) is 4.39 Å². The van der Waals surface area contributed by atoms with Crippen LogP contribution in [-0.4, -0.2) is 17.3 Å². The molecule has 1 aromatic rings. The van der Waals surface area contributed by atoms with E-state index >= 15 is 0 Å². The van der Waals surface area contributed by atoms with Crippen LogP contribution >= 0.6 is 15.9 Å². The quantitative estimate of drug-likeness (QED) is 0.874. The Kier molecular flexibility index (Phi) is 4.89. The maximum Gasteiger partial charge on any atom is 0.124 e. The zero-order valence-electron chi connectivity index (χ0n) is 9.56. The molecule has 0 aliphatic rings. The fourth-order valence-electron chi connectivity index (χ4n) is 1.32. The Bertz CT molecular complexity index is 333. The predicted molar refractivity (Wildman–Crippen MR) is 66.7 cm³/mol. The molecule has 0 saturated carbocycles. The Balaban J connectivity index is 2.67. The summed E-state index contributed by atoms with van der Waals surface area (Å²) in [5.74, 6) is -0.256. The molecule has 16 heavy (non-hydrogen) atoms. The molecular formula is C12H17BrFNO. The van der Waals surface area contributed by atoms with Crippen molar-refractivity contribution in [2.45, 2.75) is 32.4 Å². The maximum atomic E-state index is 13.1. The summed E-state index contributed by atoms with van der Waals surface area (Å²) in [6.07, 6.45) is 0.819. The molecule has 1 rings (SSSR count). The minimum absolute atomic E-state index is 0.0694. The standard InChI is InChI=1S/C12H17BrFNO/c1-3-12(2,8-16)15-7-9-4-10(13)6-11(14)5-9/h4-6,15-16H,3,7-8H2,1-2H3. The van der Waals surface area contributed by atoms with Crippen molar-refractivity contribution >= 4 is 15.9 Å². The van der Waals surface area contributed by atoms with E-state index in [0.29, 0.717) is 6.54 Å². The van der Waals surface area contributed by atoms with Gasteiger partial charge in [0.2, 0.25) is 0 Å². The van der Waals surface area contributed by atoms with Crippen LogP contribution in [0.1, 0.15) is 25.8 Å². The topological polar surface area (TPSA) is 32.3 Å². The van der Waals surface area contributed by atoms with Crippen LogP contribution in [0.5, 0.6) is 0 Å². The number of hydrogen-bond donors (Lipinski definition) is 2. The predicted octanol–water partition coefficient (Wildman–Crippen LogP) is 2.84. The van der Waals surface area contributed by atoms with E-state index in [0.717, 1.165) is 16.5 Å². The smallest absolute Gasteiger partial charge is 0.124 e. The fourth-order valence-corrected chi connectivity index (χ4v) is 1.83. The van der Waals surface area contributed by atoms with Crippen LogP contribution in [0.3, 0.4) is 0 Å². The molecule has 0 aliphatic carbocycles. The molecule has 0 fully saturated rings. The van der Waals surface area contributed by atoms with Crippen molar-refractivity contribution in [2.75, 3.05) is 6.61 Å². The zero-order valence-corrected chi connectivity index (χ0v) is 11.1. The van der Waals surface area contributed by atoms with Gasteiger partial charge in [0.25, 0.3) is 0 Å². The van der Waals surface area contributed by atoms with Crippen molar-refractivity contribution in [3.8, 4) is 0 Å². The van der Waals surface area contributed by atoms with Crippen molar-refractivity contribution in [1.82, 2.24) is 5.32 Å². The average Bonchev–Trinajstić information content (AvgIpc) is 2.25. The van der Waals surface area contributed by atoms with Gasteiger partial charge in [0.1, 0.15) is 5.82 Å². The van der Waals surface area contributed by atoms with Gasteiger partial charge in [-0.1, -0.05) is 22.9 Å². The summed E-state index contributed by atoms with van der Waals surface area (Å²) in [6.45, 7) is 4.56. The van der Waals surface area contributed by atoms with E-state index in [4.69, 9.17) is 0 Å². The Hall–Kier alpha value is -0.450. The van der Waals surface area contributed by atoms with Gasteiger partial charge in [-0.15, -0.1) is 0 Å². The van der Waals surface area contributed by atoms with Crippen LogP contribution in [0.25, 0.3) is 0 Å². The summed E-state index contributed by atoms with van der Waals surface area (Å²) in [7, 11) is 0. The lowest BCUT2D eigenvalue weighted by atomic mass is 10.00. The van der Waals surface area contributed by atoms with Crippen LogP contribution in [0, 0.1) is 5.82 Å². The van der Waals surface area contributed by atoms with Crippen molar-refractivity contribution < 1.29 is 9.50 Å². The normalized spacial score (nSPS) is 14.8. The third-order valence-corrected chi connectivity index (χ3v) is 3.23. The first-order chi connectivity index (χ1) is 7.49. The molecule has 0 radical (unpaired) electrons. The van der Waals surface area contributed by atoms with E-state index in [1.165, 1.54) is 12.1 Å². The molecular weight excluding hydrogens is 273 g/mol. The number of aliphatic hydroxyl groups excluding tert-OH is 1. The van der Waals surface area contributed by atoms with Crippen LogP contribution in [-0.2, 0) is 6.54 Å².